The summed E-state index contributed by atoms with van der Waals surface area (Å²) in [6.45, 7) is 0. The molecule has 0 aliphatic heterocycles. The number of amides is 1. The second kappa shape index (κ2) is 5.07. The molecule has 0 radical (unpaired) electrons. The number of carboxylic acids is 1. The Labute approximate surface area is 110 Å². The molecule has 0 saturated carbocycles. The summed E-state index contributed by atoms with van der Waals surface area (Å²) in [6, 6.07) is 4.43. The molecule has 6 nitrogen and oxygen atoms in total. The molecule has 2 rings (SSSR count). The molecule has 2 aromatic rings. The van der Waals surface area contributed by atoms with Crippen molar-refractivity contribution < 1.29 is 23.6 Å². The van der Waals surface area contributed by atoms with Crippen LogP contribution >= 0.6 is 11.6 Å². The number of aromatic nitrogens is 1. The third-order valence-corrected chi connectivity index (χ3v) is 2.29. The molecule has 0 aliphatic rings. The molecule has 0 atom stereocenters. The maximum Gasteiger partial charge on any atom is 0.374 e. The summed E-state index contributed by atoms with van der Waals surface area (Å²) in [5, 5.41) is 14.3. The van der Waals surface area contributed by atoms with E-state index < -0.39 is 23.5 Å². The fourth-order valence-electron chi connectivity index (χ4n) is 1.30. The number of hydrogen-bond acceptors (Lipinski definition) is 4. The van der Waals surface area contributed by atoms with Crippen LogP contribution in [0, 0.1) is 5.82 Å². The second-order valence-corrected chi connectivity index (χ2v) is 3.93. The number of hydrogen-bond donors (Lipinski definition) is 2. The molecule has 0 fully saturated rings. The highest BCUT2D eigenvalue weighted by atomic mass is 35.5. The molecule has 0 spiro atoms. The number of aromatic carboxylic acids is 1. The first kappa shape index (κ1) is 13.0. The smallest absolute Gasteiger partial charge is 0.374 e. The number of carboxylic acid groups (broad SMARTS) is 1. The van der Waals surface area contributed by atoms with E-state index in [-0.39, 0.29) is 16.4 Å². The first-order chi connectivity index (χ1) is 8.95. The maximum atomic E-state index is 13.0. The molecule has 0 saturated heterocycles. The SMILES string of the molecule is O=C(Nc1cc(F)cc(Cl)c1)c1cc(C(=O)O)on1. The van der Waals surface area contributed by atoms with Gasteiger partial charge in [0.1, 0.15) is 5.82 Å². The lowest BCUT2D eigenvalue weighted by atomic mass is 10.3. The van der Waals surface area contributed by atoms with Crippen LogP contribution in [-0.4, -0.2) is 22.1 Å². The van der Waals surface area contributed by atoms with E-state index in [1.54, 1.807) is 0 Å². The lowest BCUT2D eigenvalue weighted by Gasteiger charge is -2.03. The van der Waals surface area contributed by atoms with Gasteiger partial charge in [-0.25, -0.2) is 9.18 Å². The van der Waals surface area contributed by atoms with E-state index in [1.165, 1.54) is 6.07 Å². The van der Waals surface area contributed by atoms with Crippen molar-refractivity contribution in [3.05, 3.63) is 46.6 Å². The molecule has 2 N–H and O–H groups in total. The van der Waals surface area contributed by atoms with E-state index >= 15 is 0 Å². The quantitative estimate of drug-likeness (QED) is 0.903. The predicted octanol–water partition coefficient (Wildman–Crippen LogP) is 2.42. The first-order valence-electron chi connectivity index (χ1n) is 4.93. The zero-order valence-corrected chi connectivity index (χ0v) is 9.94. The van der Waals surface area contributed by atoms with Crippen LogP contribution in [0.4, 0.5) is 10.1 Å². The van der Waals surface area contributed by atoms with Gasteiger partial charge in [-0.1, -0.05) is 16.8 Å². The number of nitrogens with one attached hydrogen (secondary N) is 1. The first-order valence-corrected chi connectivity index (χ1v) is 5.31. The van der Waals surface area contributed by atoms with Crippen molar-refractivity contribution in [3.8, 4) is 0 Å². The number of carbonyl (C=O) groups is 2. The molecule has 1 aromatic heterocycles. The lowest BCUT2D eigenvalue weighted by molar-refractivity contribution is 0.0651. The average Bonchev–Trinajstić information content (AvgIpc) is 2.76. The monoisotopic (exact) mass is 284 g/mol. The van der Waals surface area contributed by atoms with Gasteiger partial charge in [0.25, 0.3) is 5.91 Å². The fraction of sp³-hybridized carbons (Fsp3) is 0. The van der Waals surface area contributed by atoms with Gasteiger partial charge >= 0.3 is 5.97 Å². The largest absolute Gasteiger partial charge is 0.475 e. The highest BCUT2D eigenvalue weighted by Gasteiger charge is 2.17. The van der Waals surface area contributed by atoms with Gasteiger partial charge in [-0.05, 0) is 18.2 Å². The highest BCUT2D eigenvalue weighted by Crippen LogP contribution is 2.18. The predicted molar refractivity (Wildman–Crippen MR) is 62.8 cm³/mol. The fourth-order valence-corrected chi connectivity index (χ4v) is 1.53. The minimum atomic E-state index is -1.35. The van der Waals surface area contributed by atoms with E-state index in [1.807, 2.05) is 0 Å². The minimum absolute atomic E-state index is 0.113. The van der Waals surface area contributed by atoms with Gasteiger partial charge < -0.3 is 14.9 Å². The number of benzene rings is 1. The van der Waals surface area contributed by atoms with Gasteiger partial charge in [-0.15, -0.1) is 0 Å². The van der Waals surface area contributed by atoms with E-state index in [9.17, 15) is 14.0 Å². The van der Waals surface area contributed by atoms with Crippen LogP contribution in [0.1, 0.15) is 21.0 Å². The molecule has 98 valence electrons. The Balaban J connectivity index is 2.18. The molecular formula is C11H6ClFN2O4. The Kier molecular flexibility index (Phi) is 3.48. The van der Waals surface area contributed by atoms with Crippen LogP contribution in [0.25, 0.3) is 0 Å². The maximum absolute atomic E-state index is 13.0. The topological polar surface area (TPSA) is 92.4 Å². The van der Waals surface area contributed by atoms with Crippen molar-refractivity contribution in [2.45, 2.75) is 0 Å². The van der Waals surface area contributed by atoms with E-state index in [4.69, 9.17) is 16.7 Å². The third-order valence-electron chi connectivity index (χ3n) is 2.07. The number of carbonyl (C=O) groups excluding carboxylic acids is 1. The zero-order chi connectivity index (χ0) is 14.0. The standard InChI is InChI=1S/C11H6ClFN2O4/c12-5-1-6(13)3-7(2-5)14-10(16)8-4-9(11(17)18)19-15-8/h1-4H,(H,14,16)(H,17,18). The Hall–Kier alpha value is -2.41. The summed E-state index contributed by atoms with van der Waals surface area (Å²) in [5.41, 5.74) is -0.118. The summed E-state index contributed by atoms with van der Waals surface area (Å²) < 4.78 is 17.5. The van der Waals surface area contributed by atoms with Crippen LogP contribution in [0.15, 0.2) is 28.8 Å². The van der Waals surface area contributed by atoms with Crippen molar-refractivity contribution >= 4 is 29.2 Å². The third kappa shape index (κ3) is 3.08. The van der Waals surface area contributed by atoms with E-state index in [0.29, 0.717) is 0 Å². The second-order valence-electron chi connectivity index (χ2n) is 3.49. The van der Waals surface area contributed by atoms with Gasteiger partial charge in [0.05, 0.1) is 0 Å². The van der Waals surface area contributed by atoms with Crippen LogP contribution in [0.3, 0.4) is 0 Å². The van der Waals surface area contributed by atoms with Crippen LogP contribution < -0.4 is 5.32 Å². The molecule has 0 bridgehead atoms. The summed E-state index contributed by atoms with van der Waals surface area (Å²) >= 11 is 5.62. The molecule has 1 heterocycles. The van der Waals surface area contributed by atoms with Gasteiger partial charge in [-0.2, -0.15) is 0 Å². The summed E-state index contributed by atoms with van der Waals surface area (Å²) in [7, 11) is 0. The molecule has 1 amide bonds. The summed E-state index contributed by atoms with van der Waals surface area (Å²) in [5.74, 6) is -3.17. The van der Waals surface area contributed by atoms with Crippen LogP contribution in [0.5, 0.6) is 0 Å². The average molecular weight is 285 g/mol. The molecule has 0 aliphatic carbocycles. The Morgan fingerprint density at radius 1 is 1.32 bits per heavy atom. The van der Waals surface area contributed by atoms with E-state index in [0.717, 1.165) is 18.2 Å². The summed E-state index contributed by atoms with van der Waals surface area (Å²) in [6.07, 6.45) is 0. The van der Waals surface area contributed by atoms with Crippen LogP contribution in [-0.2, 0) is 0 Å². The van der Waals surface area contributed by atoms with Crippen molar-refractivity contribution in [3.63, 3.8) is 0 Å². The number of rotatable bonds is 3. The van der Waals surface area contributed by atoms with Crippen molar-refractivity contribution in [2.75, 3.05) is 5.32 Å². The highest BCUT2D eigenvalue weighted by molar-refractivity contribution is 6.31. The van der Waals surface area contributed by atoms with Gasteiger partial charge in [-0.3, -0.25) is 4.79 Å². The Morgan fingerprint density at radius 2 is 2.05 bits per heavy atom. The van der Waals surface area contributed by atoms with Crippen LogP contribution in [0.2, 0.25) is 5.02 Å². The zero-order valence-electron chi connectivity index (χ0n) is 9.18. The van der Waals surface area contributed by atoms with Gasteiger partial charge in [0, 0.05) is 16.8 Å². The van der Waals surface area contributed by atoms with Crippen molar-refractivity contribution in [1.29, 1.82) is 0 Å². The molecule has 19 heavy (non-hydrogen) atoms. The molecule has 8 heteroatoms. The Bertz CT molecular complexity index is 636. The van der Waals surface area contributed by atoms with Crippen molar-refractivity contribution in [1.82, 2.24) is 5.16 Å². The number of anilines is 1. The lowest BCUT2D eigenvalue weighted by Crippen LogP contribution is -2.12. The Morgan fingerprint density at radius 3 is 2.63 bits per heavy atom. The number of nitrogens with zero attached hydrogens (tertiary/aromatic N) is 1. The molecule has 0 unspecified atom stereocenters. The molecular weight excluding hydrogens is 279 g/mol. The molecule has 1 aromatic carbocycles. The van der Waals surface area contributed by atoms with Gasteiger partial charge in [0.2, 0.25) is 5.76 Å². The van der Waals surface area contributed by atoms with Crippen molar-refractivity contribution in [2.24, 2.45) is 0 Å². The number of halogens is 2. The van der Waals surface area contributed by atoms with E-state index in [2.05, 4.69) is 15.0 Å². The normalized spacial score (nSPS) is 10.2. The summed E-state index contributed by atoms with van der Waals surface area (Å²) in [4.78, 5) is 22.2. The minimum Gasteiger partial charge on any atom is -0.475 e. The van der Waals surface area contributed by atoms with Gasteiger partial charge in [0.15, 0.2) is 5.69 Å².